The van der Waals surface area contributed by atoms with E-state index < -0.39 is 20.7 Å². The van der Waals surface area contributed by atoms with Gasteiger partial charge in [-0.2, -0.15) is 0 Å². The van der Waals surface area contributed by atoms with E-state index in [1.165, 1.54) is 4.31 Å². The van der Waals surface area contributed by atoms with Crippen LogP contribution in [0.15, 0.2) is 48.5 Å². The predicted molar refractivity (Wildman–Crippen MR) is 105 cm³/mol. The number of fused-ring (bicyclic) bond motifs is 1. The number of nitrogens with one attached hydrogen (secondary N) is 1. The maximum atomic E-state index is 13.2. The fourth-order valence-electron chi connectivity index (χ4n) is 3.72. The SMILES string of the molecule is CCOc1ccc(NC(=O)[C@]23C[C@@H]2CN(c2ccc(C)cc2)S3(=O)=O)cc1. The second-order valence-corrected chi connectivity index (χ2v) is 9.19. The smallest absolute Gasteiger partial charge is 0.250 e. The van der Waals surface area contributed by atoms with Crippen LogP contribution >= 0.6 is 0 Å². The summed E-state index contributed by atoms with van der Waals surface area (Å²) in [5.74, 6) is 0.0785. The zero-order valence-electron chi connectivity index (χ0n) is 15.3. The molecular formula is C20H22N2O4S. The number of nitrogens with zero attached hydrogens (tertiary/aromatic N) is 1. The van der Waals surface area contributed by atoms with E-state index in [-0.39, 0.29) is 5.92 Å². The molecule has 6 nitrogen and oxygen atoms in total. The molecule has 2 atom stereocenters. The van der Waals surface area contributed by atoms with Crippen molar-refractivity contribution >= 4 is 27.3 Å². The van der Waals surface area contributed by atoms with Gasteiger partial charge in [-0.25, -0.2) is 8.42 Å². The summed E-state index contributed by atoms with van der Waals surface area (Å²) in [5, 5.41) is 2.77. The van der Waals surface area contributed by atoms with Crippen LogP contribution in [0.2, 0.25) is 0 Å². The summed E-state index contributed by atoms with van der Waals surface area (Å²) in [5.41, 5.74) is 2.23. The molecule has 1 saturated heterocycles. The average molecular weight is 386 g/mol. The van der Waals surface area contributed by atoms with Crippen LogP contribution in [0, 0.1) is 12.8 Å². The fraction of sp³-hybridized carbons (Fsp3) is 0.350. The molecule has 0 spiro atoms. The second kappa shape index (κ2) is 6.27. The zero-order chi connectivity index (χ0) is 19.2. The molecule has 0 radical (unpaired) electrons. The van der Waals surface area contributed by atoms with Crippen LogP contribution in [-0.2, 0) is 14.8 Å². The Kier molecular flexibility index (Phi) is 4.14. The lowest BCUT2D eigenvalue weighted by molar-refractivity contribution is -0.116. The molecule has 27 heavy (non-hydrogen) atoms. The summed E-state index contributed by atoms with van der Waals surface area (Å²) < 4.78 is 31.7. The highest BCUT2D eigenvalue weighted by molar-refractivity contribution is 7.95. The van der Waals surface area contributed by atoms with Gasteiger partial charge in [-0.05, 0) is 56.7 Å². The van der Waals surface area contributed by atoms with Crippen molar-refractivity contribution in [2.45, 2.75) is 25.0 Å². The molecule has 1 amide bonds. The first-order valence-electron chi connectivity index (χ1n) is 9.02. The third kappa shape index (κ3) is 2.77. The Morgan fingerprint density at radius 2 is 1.85 bits per heavy atom. The van der Waals surface area contributed by atoms with Crippen LogP contribution in [0.4, 0.5) is 11.4 Å². The van der Waals surface area contributed by atoms with Gasteiger partial charge in [0, 0.05) is 18.2 Å². The van der Waals surface area contributed by atoms with E-state index in [1.54, 1.807) is 36.4 Å². The third-order valence-corrected chi connectivity index (χ3v) is 7.86. The number of sulfonamides is 1. The largest absolute Gasteiger partial charge is 0.494 e. The van der Waals surface area contributed by atoms with Gasteiger partial charge in [0.2, 0.25) is 15.9 Å². The van der Waals surface area contributed by atoms with E-state index in [9.17, 15) is 13.2 Å². The van der Waals surface area contributed by atoms with Gasteiger partial charge in [-0.15, -0.1) is 0 Å². The van der Waals surface area contributed by atoms with Crippen LogP contribution in [0.3, 0.4) is 0 Å². The minimum atomic E-state index is -3.76. The van der Waals surface area contributed by atoms with Crippen LogP contribution < -0.4 is 14.4 Å². The van der Waals surface area contributed by atoms with Gasteiger partial charge in [0.15, 0.2) is 4.75 Å². The van der Waals surface area contributed by atoms with E-state index in [0.717, 1.165) is 5.56 Å². The number of benzene rings is 2. The number of ether oxygens (including phenoxy) is 1. The van der Waals surface area contributed by atoms with Crippen molar-refractivity contribution < 1.29 is 17.9 Å². The number of amides is 1. The number of aryl methyl sites for hydroxylation is 1. The molecule has 2 aliphatic rings. The number of carbonyl (C=O) groups excluding carboxylic acids is 1. The lowest BCUT2D eigenvalue weighted by Gasteiger charge is -2.23. The van der Waals surface area contributed by atoms with Gasteiger partial charge in [-0.3, -0.25) is 9.10 Å². The van der Waals surface area contributed by atoms with Crippen molar-refractivity contribution in [3.8, 4) is 5.75 Å². The maximum Gasteiger partial charge on any atom is 0.250 e. The van der Waals surface area contributed by atoms with E-state index >= 15 is 0 Å². The first-order valence-corrected chi connectivity index (χ1v) is 10.5. The lowest BCUT2D eigenvalue weighted by atomic mass is 10.2. The van der Waals surface area contributed by atoms with Gasteiger partial charge in [-0.1, -0.05) is 17.7 Å². The molecule has 142 valence electrons. The Morgan fingerprint density at radius 1 is 1.19 bits per heavy atom. The van der Waals surface area contributed by atoms with Gasteiger partial charge >= 0.3 is 0 Å². The Hall–Kier alpha value is -2.54. The maximum absolute atomic E-state index is 13.2. The van der Waals surface area contributed by atoms with Gasteiger partial charge in [0.25, 0.3) is 0 Å². The summed E-state index contributed by atoms with van der Waals surface area (Å²) >= 11 is 0. The topological polar surface area (TPSA) is 75.7 Å². The summed E-state index contributed by atoms with van der Waals surface area (Å²) in [4.78, 5) is 12.9. The molecule has 1 saturated carbocycles. The Morgan fingerprint density at radius 3 is 2.48 bits per heavy atom. The third-order valence-electron chi connectivity index (χ3n) is 5.32. The summed E-state index contributed by atoms with van der Waals surface area (Å²) in [7, 11) is -3.76. The predicted octanol–water partition coefficient (Wildman–Crippen LogP) is 2.94. The second-order valence-electron chi connectivity index (χ2n) is 7.07. The van der Waals surface area contributed by atoms with Crippen molar-refractivity contribution in [2.24, 2.45) is 5.92 Å². The summed E-state index contributed by atoms with van der Waals surface area (Å²) in [6.07, 6.45) is 0.376. The molecule has 2 aromatic carbocycles. The van der Waals surface area contributed by atoms with Gasteiger partial charge in [0.1, 0.15) is 5.75 Å². The quantitative estimate of drug-likeness (QED) is 0.857. The molecule has 1 aliphatic heterocycles. The molecule has 0 bridgehead atoms. The highest BCUT2D eigenvalue weighted by Crippen LogP contribution is 2.58. The number of hydrogen-bond acceptors (Lipinski definition) is 4. The molecule has 1 aliphatic carbocycles. The number of rotatable bonds is 5. The normalized spacial score (nSPS) is 25.0. The molecule has 2 aromatic rings. The van der Waals surface area contributed by atoms with Gasteiger partial charge in [0.05, 0.1) is 12.3 Å². The Balaban J connectivity index is 1.55. The minimum absolute atomic E-state index is 0.175. The first kappa shape index (κ1) is 17.9. The molecule has 0 aromatic heterocycles. The van der Waals surface area contributed by atoms with Crippen LogP contribution in [-0.4, -0.2) is 32.2 Å². The number of carbonyl (C=O) groups is 1. The Bertz CT molecular complexity index is 970. The average Bonchev–Trinajstić information content (AvgIpc) is 3.33. The van der Waals surface area contributed by atoms with Crippen LogP contribution in [0.5, 0.6) is 5.75 Å². The van der Waals surface area contributed by atoms with Crippen molar-refractivity contribution in [1.29, 1.82) is 0 Å². The van der Waals surface area contributed by atoms with E-state index in [0.29, 0.717) is 36.7 Å². The first-order chi connectivity index (χ1) is 12.9. The van der Waals surface area contributed by atoms with Crippen molar-refractivity contribution in [1.82, 2.24) is 0 Å². The zero-order valence-corrected chi connectivity index (χ0v) is 16.1. The molecule has 1 heterocycles. The highest BCUT2D eigenvalue weighted by Gasteiger charge is 2.75. The monoisotopic (exact) mass is 386 g/mol. The van der Waals surface area contributed by atoms with Crippen molar-refractivity contribution in [3.05, 3.63) is 54.1 Å². The molecule has 0 unspecified atom stereocenters. The van der Waals surface area contributed by atoms with Crippen molar-refractivity contribution in [3.63, 3.8) is 0 Å². The van der Waals surface area contributed by atoms with E-state index in [2.05, 4.69) is 5.32 Å². The molecule has 2 fully saturated rings. The van der Waals surface area contributed by atoms with E-state index in [1.807, 2.05) is 26.0 Å². The number of hydrogen-bond donors (Lipinski definition) is 1. The van der Waals surface area contributed by atoms with E-state index in [4.69, 9.17) is 4.74 Å². The minimum Gasteiger partial charge on any atom is -0.494 e. The summed E-state index contributed by atoms with van der Waals surface area (Å²) in [6.45, 7) is 4.75. The fourth-order valence-corrected chi connectivity index (χ4v) is 6.08. The summed E-state index contributed by atoms with van der Waals surface area (Å²) in [6, 6.07) is 14.3. The van der Waals surface area contributed by atoms with Crippen molar-refractivity contribution in [2.75, 3.05) is 22.8 Å². The lowest BCUT2D eigenvalue weighted by Crippen LogP contribution is -2.42. The molecular weight excluding hydrogens is 364 g/mol. The molecule has 7 heteroatoms. The molecule has 1 N–H and O–H groups in total. The standard InChI is InChI=1S/C20H22N2O4S/c1-3-26-18-10-6-16(7-11-18)21-19(23)20-12-15(20)13-22(27(20,24)25)17-8-4-14(2)5-9-17/h4-11,15H,3,12-13H2,1-2H3,(H,21,23)/t15-,20+/m1/s1. The van der Waals surface area contributed by atoms with Crippen LogP contribution in [0.25, 0.3) is 0 Å². The Labute approximate surface area is 159 Å². The van der Waals surface area contributed by atoms with Crippen LogP contribution in [0.1, 0.15) is 18.9 Å². The number of anilines is 2. The van der Waals surface area contributed by atoms with Gasteiger partial charge < -0.3 is 10.1 Å². The highest BCUT2D eigenvalue weighted by atomic mass is 32.2. The molecule has 4 rings (SSSR count).